The van der Waals surface area contributed by atoms with E-state index in [1.54, 1.807) is 34.1 Å². The van der Waals surface area contributed by atoms with Crippen LogP contribution in [-0.4, -0.2) is 39.8 Å². The Bertz CT molecular complexity index is 1200. The molecule has 2 aromatic heterocycles. The smallest absolute Gasteiger partial charge is 0.252 e. The molecule has 3 aromatic rings. The molecule has 0 atom stereocenters. The highest BCUT2D eigenvalue weighted by molar-refractivity contribution is 6.00. The highest BCUT2D eigenvalue weighted by Crippen LogP contribution is 2.31. The zero-order valence-electron chi connectivity index (χ0n) is 17.5. The lowest BCUT2D eigenvalue weighted by atomic mass is 9.93. The van der Waals surface area contributed by atoms with Crippen LogP contribution in [0, 0.1) is 11.3 Å². The van der Waals surface area contributed by atoms with Gasteiger partial charge in [0.25, 0.3) is 5.91 Å². The molecule has 8 nitrogen and oxygen atoms in total. The third-order valence-electron chi connectivity index (χ3n) is 5.43. The predicted molar refractivity (Wildman–Crippen MR) is 118 cm³/mol. The second-order valence-electron chi connectivity index (χ2n) is 8.02. The summed E-state index contributed by atoms with van der Waals surface area (Å²) in [5.74, 6) is 0.572. The summed E-state index contributed by atoms with van der Waals surface area (Å²) >= 11 is 0. The maximum atomic E-state index is 12.1. The van der Waals surface area contributed by atoms with Gasteiger partial charge in [-0.2, -0.15) is 10.4 Å². The van der Waals surface area contributed by atoms with Crippen LogP contribution in [0.4, 0.5) is 5.82 Å². The van der Waals surface area contributed by atoms with E-state index < -0.39 is 5.54 Å². The average Bonchev–Trinajstić information content (AvgIpc) is 3.28. The summed E-state index contributed by atoms with van der Waals surface area (Å²) in [6, 6.07) is 11.4. The van der Waals surface area contributed by atoms with Crippen molar-refractivity contribution in [3.05, 3.63) is 65.1 Å². The number of carbonyl (C=O) groups is 1. The van der Waals surface area contributed by atoms with Gasteiger partial charge in [0.15, 0.2) is 5.82 Å². The van der Waals surface area contributed by atoms with Crippen molar-refractivity contribution in [2.75, 3.05) is 18.2 Å². The largest absolute Gasteiger partial charge is 0.396 e. The van der Waals surface area contributed by atoms with Gasteiger partial charge in [-0.05, 0) is 62.1 Å². The van der Waals surface area contributed by atoms with E-state index in [0.29, 0.717) is 30.0 Å². The lowest BCUT2D eigenvalue weighted by Crippen LogP contribution is -2.32. The van der Waals surface area contributed by atoms with E-state index in [1.165, 1.54) is 0 Å². The van der Waals surface area contributed by atoms with Crippen molar-refractivity contribution in [2.45, 2.75) is 32.2 Å². The number of hydrogen-bond acceptors (Lipinski definition) is 6. The number of aliphatic hydroxyl groups is 1. The first-order valence-corrected chi connectivity index (χ1v) is 10.2. The van der Waals surface area contributed by atoms with Gasteiger partial charge in [-0.3, -0.25) is 4.79 Å². The summed E-state index contributed by atoms with van der Waals surface area (Å²) in [6.07, 6.45) is 6.53. The Morgan fingerprint density at radius 2 is 2.16 bits per heavy atom. The molecular formula is C23H24N6O2. The maximum Gasteiger partial charge on any atom is 0.252 e. The number of fused-ring (bicyclic) bond motifs is 2. The third-order valence-corrected chi connectivity index (χ3v) is 5.43. The second-order valence-corrected chi connectivity index (χ2v) is 8.02. The Kier molecular flexibility index (Phi) is 5.44. The molecule has 0 saturated carbocycles. The van der Waals surface area contributed by atoms with Crippen molar-refractivity contribution in [1.29, 1.82) is 5.26 Å². The number of unbranched alkanes of at least 4 members (excludes halogenated alkanes) is 1. The van der Waals surface area contributed by atoms with Gasteiger partial charge in [-0.25, -0.2) is 9.99 Å². The molecule has 31 heavy (non-hydrogen) atoms. The van der Waals surface area contributed by atoms with Crippen LogP contribution in [-0.2, 0) is 5.54 Å². The fraction of sp³-hybridized carbons (Fsp3) is 0.304. The summed E-state index contributed by atoms with van der Waals surface area (Å²) in [4.78, 5) is 16.6. The summed E-state index contributed by atoms with van der Waals surface area (Å²) in [7, 11) is 0. The number of carbonyl (C=O) groups excluding carboxylic acids is 1. The molecule has 0 spiro atoms. The zero-order chi connectivity index (χ0) is 22.0. The van der Waals surface area contributed by atoms with Crippen molar-refractivity contribution in [3.63, 3.8) is 0 Å². The van der Waals surface area contributed by atoms with E-state index in [-0.39, 0.29) is 12.5 Å². The van der Waals surface area contributed by atoms with E-state index in [4.69, 9.17) is 0 Å². The highest BCUT2D eigenvalue weighted by Gasteiger charge is 2.34. The standard InChI is InChI=1S/C23H24N6O2/c1-23(2)19-13-16(5-7-18(19)22(31)27-23)15-26-29(10-3-4-12-30)21-20-8-6-17(14-24)28(20)11-9-25-21/h5-9,11,13,15,30H,3-4,10,12H2,1-2H3,(H,27,31)/b26-15+. The number of hydrazone groups is 1. The van der Waals surface area contributed by atoms with Crippen LogP contribution in [0.2, 0.25) is 0 Å². The number of aromatic nitrogens is 2. The van der Waals surface area contributed by atoms with E-state index >= 15 is 0 Å². The number of anilines is 1. The maximum absolute atomic E-state index is 12.1. The molecular weight excluding hydrogens is 392 g/mol. The van der Waals surface area contributed by atoms with Crippen LogP contribution in [0.5, 0.6) is 0 Å². The fourth-order valence-electron chi connectivity index (χ4n) is 3.82. The Balaban J connectivity index is 1.69. The minimum Gasteiger partial charge on any atom is -0.396 e. The third kappa shape index (κ3) is 3.88. The van der Waals surface area contributed by atoms with Gasteiger partial charge >= 0.3 is 0 Å². The minimum absolute atomic E-state index is 0.0634. The molecule has 4 rings (SSSR count). The molecule has 1 amide bonds. The molecule has 2 N–H and O–H groups in total. The second kappa shape index (κ2) is 8.20. The quantitative estimate of drug-likeness (QED) is 0.350. The molecule has 3 heterocycles. The molecule has 0 bridgehead atoms. The molecule has 0 radical (unpaired) electrons. The Morgan fingerprint density at radius 3 is 2.94 bits per heavy atom. The average molecular weight is 416 g/mol. The topological polar surface area (TPSA) is 106 Å². The summed E-state index contributed by atoms with van der Waals surface area (Å²) in [5.41, 5.74) is 3.38. The van der Waals surface area contributed by atoms with Gasteiger partial charge < -0.3 is 14.8 Å². The van der Waals surface area contributed by atoms with Crippen molar-refractivity contribution >= 4 is 23.5 Å². The van der Waals surface area contributed by atoms with E-state index in [0.717, 1.165) is 23.1 Å². The first-order valence-electron chi connectivity index (χ1n) is 10.2. The predicted octanol–water partition coefficient (Wildman–Crippen LogP) is 2.80. The van der Waals surface area contributed by atoms with Crippen LogP contribution >= 0.6 is 0 Å². The van der Waals surface area contributed by atoms with Crippen LogP contribution < -0.4 is 10.3 Å². The molecule has 8 heteroatoms. The summed E-state index contributed by atoms with van der Waals surface area (Å²) in [5, 5.41) is 27.9. The Hall–Kier alpha value is -3.70. The Morgan fingerprint density at radius 1 is 1.32 bits per heavy atom. The Labute approximate surface area is 180 Å². The molecule has 1 aliphatic rings. The van der Waals surface area contributed by atoms with Crippen LogP contribution in [0.25, 0.3) is 5.52 Å². The number of nitrogens with zero attached hydrogens (tertiary/aromatic N) is 5. The lowest BCUT2D eigenvalue weighted by Gasteiger charge is -2.20. The van der Waals surface area contributed by atoms with Crippen LogP contribution in [0.3, 0.4) is 0 Å². The van der Waals surface area contributed by atoms with Gasteiger partial charge in [0, 0.05) is 31.1 Å². The molecule has 0 saturated heterocycles. The first-order chi connectivity index (χ1) is 14.9. The van der Waals surface area contributed by atoms with Gasteiger partial charge in [0.1, 0.15) is 11.8 Å². The zero-order valence-corrected chi connectivity index (χ0v) is 17.5. The number of hydrogen-bond donors (Lipinski definition) is 2. The van der Waals surface area contributed by atoms with Gasteiger partial charge in [-0.1, -0.05) is 6.07 Å². The minimum atomic E-state index is -0.427. The molecule has 1 aliphatic heterocycles. The molecule has 1 aromatic carbocycles. The lowest BCUT2D eigenvalue weighted by molar-refractivity contribution is 0.0940. The monoisotopic (exact) mass is 416 g/mol. The SMILES string of the molecule is CC1(C)NC(=O)c2ccc(/C=N/N(CCCCO)c3nccn4c(C#N)ccc34)cc21. The van der Waals surface area contributed by atoms with Crippen LogP contribution in [0.15, 0.2) is 47.8 Å². The number of rotatable bonds is 7. The van der Waals surface area contributed by atoms with Crippen LogP contribution in [0.1, 0.15) is 53.9 Å². The fourth-order valence-corrected chi connectivity index (χ4v) is 3.82. The van der Waals surface area contributed by atoms with Crippen molar-refractivity contribution in [2.24, 2.45) is 5.10 Å². The number of benzene rings is 1. The van der Waals surface area contributed by atoms with Crippen molar-refractivity contribution < 1.29 is 9.90 Å². The van der Waals surface area contributed by atoms with E-state index in [9.17, 15) is 15.2 Å². The van der Waals surface area contributed by atoms with Crippen molar-refractivity contribution in [3.8, 4) is 6.07 Å². The van der Waals surface area contributed by atoms with E-state index in [2.05, 4.69) is 21.5 Å². The molecule has 158 valence electrons. The van der Waals surface area contributed by atoms with E-state index in [1.807, 2.05) is 38.1 Å². The number of nitrogens with one attached hydrogen (secondary N) is 1. The number of nitriles is 1. The first kappa shape index (κ1) is 20.6. The number of amides is 1. The van der Waals surface area contributed by atoms with Gasteiger partial charge in [-0.15, -0.1) is 0 Å². The summed E-state index contributed by atoms with van der Waals surface area (Å²) < 4.78 is 1.78. The molecule has 0 aliphatic carbocycles. The molecule has 0 unspecified atom stereocenters. The normalized spacial score (nSPS) is 14.6. The number of aliphatic hydroxyl groups excluding tert-OH is 1. The highest BCUT2D eigenvalue weighted by atomic mass is 16.3. The van der Waals surface area contributed by atoms with Gasteiger partial charge in [0.2, 0.25) is 0 Å². The van der Waals surface area contributed by atoms with Gasteiger partial charge in [0.05, 0.1) is 17.3 Å². The van der Waals surface area contributed by atoms with Crippen molar-refractivity contribution in [1.82, 2.24) is 14.7 Å². The summed E-state index contributed by atoms with van der Waals surface area (Å²) in [6.45, 7) is 4.62. The molecule has 0 fully saturated rings.